The minimum atomic E-state index is -1.56. The Morgan fingerprint density at radius 3 is 2.40 bits per heavy atom. The van der Waals surface area contributed by atoms with E-state index in [1.807, 2.05) is 27.7 Å². The van der Waals surface area contributed by atoms with Gasteiger partial charge in [-0.3, -0.25) is 9.69 Å². The summed E-state index contributed by atoms with van der Waals surface area (Å²) in [6.07, 6.45) is 3.23. The maximum atomic E-state index is 13.2. The van der Waals surface area contributed by atoms with Crippen molar-refractivity contribution in [3.8, 4) is 0 Å². The number of rotatable bonds is 13. The summed E-state index contributed by atoms with van der Waals surface area (Å²) in [5, 5.41) is 32.5. The van der Waals surface area contributed by atoms with Gasteiger partial charge in [0.2, 0.25) is 0 Å². The van der Waals surface area contributed by atoms with Gasteiger partial charge in [0.1, 0.15) is 6.61 Å². The second-order valence-corrected chi connectivity index (χ2v) is 18.6. The maximum Gasteiger partial charge on any atom is 0.311 e. The van der Waals surface area contributed by atoms with Gasteiger partial charge in [-0.15, -0.1) is 0 Å². The molecular weight excluding hydrogens is 710 g/mol. The highest BCUT2D eigenvalue weighted by atomic mass is 16.7. The van der Waals surface area contributed by atoms with Crippen molar-refractivity contribution in [1.29, 1.82) is 0 Å². The predicted molar refractivity (Wildman–Crippen MR) is 203 cm³/mol. The van der Waals surface area contributed by atoms with Gasteiger partial charge < -0.3 is 53.2 Å². The van der Waals surface area contributed by atoms with Crippen LogP contribution in [0.2, 0.25) is 0 Å². The molecule has 0 bridgehead atoms. The fourth-order valence-corrected chi connectivity index (χ4v) is 11.1. The minimum absolute atomic E-state index is 0.151. The van der Waals surface area contributed by atoms with E-state index < -0.39 is 53.6 Å². The molecule has 0 aromatic heterocycles. The molecule has 6 aliphatic rings. The van der Waals surface area contributed by atoms with Crippen LogP contribution in [-0.4, -0.2) is 145 Å². The van der Waals surface area contributed by atoms with Crippen LogP contribution in [-0.2, 0) is 42.7 Å². The Kier molecular flexibility index (Phi) is 13.7. The van der Waals surface area contributed by atoms with Crippen LogP contribution in [0.3, 0.4) is 0 Å². The highest BCUT2D eigenvalue weighted by Crippen LogP contribution is 2.55. The molecular formula is C42H73NO12. The summed E-state index contributed by atoms with van der Waals surface area (Å²) in [6, 6.07) is 0. The zero-order valence-electron chi connectivity index (χ0n) is 35.1. The molecule has 17 atom stereocenters. The normalized spacial score (nSPS) is 47.2. The largest absolute Gasteiger partial charge is 0.464 e. The molecule has 318 valence electrons. The fraction of sp³-hybridized carbons (Fsp3) is 0.976. The van der Waals surface area contributed by atoms with Crippen LogP contribution in [0.5, 0.6) is 0 Å². The molecule has 0 radical (unpaired) electrons. The molecule has 3 N–H and O–H groups in total. The topological polar surface area (TPSA) is 155 Å². The Balaban J connectivity index is 1.09. The van der Waals surface area contributed by atoms with Gasteiger partial charge >= 0.3 is 5.97 Å². The Morgan fingerprint density at radius 1 is 1.00 bits per heavy atom. The molecule has 0 amide bonds. The first-order valence-corrected chi connectivity index (χ1v) is 21.4. The van der Waals surface area contributed by atoms with Gasteiger partial charge in [0.15, 0.2) is 11.6 Å². The molecule has 0 saturated carbocycles. The van der Waals surface area contributed by atoms with Crippen molar-refractivity contribution in [2.75, 3.05) is 53.2 Å². The number of aliphatic hydroxyl groups excluding tert-OH is 2. The van der Waals surface area contributed by atoms with Crippen LogP contribution in [0.4, 0.5) is 0 Å². The summed E-state index contributed by atoms with van der Waals surface area (Å²) in [6.45, 7) is 20.0. The van der Waals surface area contributed by atoms with E-state index in [1.165, 1.54) is 0 Å². The SMILES string of the molecule is CC[C@@]1([C@@H]2O[C@@H]([C@H]3O[C@@](O)(CO)[C@H](C)C[C@@H]3C)C[C@@H]2C)CC[C@H]([C@]2(C)CC[C@]3(C[C@H](O)[C@@H](C)[C@@H]([C@@H](C)[C@@H](OC)[C@H](C)C(=O)OCCN4CCOCC4)O3)O2)O1. The zero-order chi connectivity index (χ0) is 39.9. The van der Waals surface area contributed by atoms with Crippen LogP contribution >= 0.6 is 0 Å². The Bertz CT molecular complexity index is 1290. The van der Waals surface area contributed by atoms with Gasteiger partial charge in [0.25, 0.3) is 0 Å². The van der Waals surface area contributed by atoms with Crippen LogP contribution in [0.25, 0.3) is 0 Å². The van der Waals surface area contributed by atoms with E-state index >= 15 is 0 Å². The number of ether oxygens (including phenoxy) is 8. The number of carbonyl (C=O) groups excluding carboxylic acids is 1. The van der Waals surface area contributed by atoms with Crippen molar-refractivity contribution < 1.29 is 58.0 Å². The average Bonchev–Trinajstić information content (AvgIpc) is 3.88. The smallest absolute Gasteiger partial charge is 0.311 e. The molecule has 6 rings (SSSR count). The molecule has 6 saturated heterocycles. The maximum absolute atomic E-state index is 13.2. The molecule has 0 unspecified atom stereocenters. The molecule has 6 aliphatic heterocycles. The minimum Gasteiger partial charge on any atom is -0.464 e. The van der Waals surface area contributed by atoms with E-state index in [0.717, 1.165) is 45.2 Å². The molecule has 6 heterocycles. The standard InChI is InChI=1S/C42H73NO12/c1-10-40(37-26(3)22-32(51-37)34-25(2)21-27(4)42(47,24-44)54-34)12-11-33(52-40)39(8)13-14-41(55-39)23-31(45)28(5)36(53-41)29(6)35(48-9)30(7)38(46)50-20-17-43-15-18-49-19-16-43/h25-37,44-45,47H,10-24H2,1-9H3/t25-,26-,27+,28+,29-,30-,31-,32+,33+,34-,35+,36-,37+,39-,40-,41+,42-/m0/s1. The summed E-state index contributed by atoms with van der Waals surface area (Å²) in [5.41, 5.74) is -1.14. The third-order valence-corrected chi connectivity index (χ3v) is 14.8. The zero-order valence-corrected chi connectivity index (χ0v) is 35.1. The first-order chi connectivity index (χ1) is 26.0. The predicted octanol–water partition coefficient (Wildman–Crippen LogP) is 4.06. The quantitative estimate of drug-likeness (QED) is 0.230. The molecule has 0 aromatic carbocycles. The lowest BCUT2D eigenvalue weighted by atomic mass is 9.78. The van der Waals surface area contributed by atoms with Crippen molar-refractivity contribution in [3.05, 3.63) is 0 Å². The average molecular weight is 784 g/mol. The van der Waals surface area contributed by atoms with Gasteiger partial charge in [-0.2, -0.15) is 0 Å². The van der Waals surface area contributed by atoms with Gasteiger partial charge in [0, 0.05) is 57.3 Å². The van der Waals surface area contributed by atoms with Crippen molar-refractivity contribution in [3.63, 3.8) is 0 Å². The van der Waals surface area contributed by atoms with E-state index in [4.69, 9.17) is 37.9 Å². The van der Waals surface area contributed by atoms with E-state index in [1.54, 1.807) is 7.11 Å². The lowest BCUT2D eigenvalue weighted by molar-refractivity contribution is -0.336. The third-order valence-electron chi connectivity index (χ3n) is 14.8. The molecule has 0 aromatic rings. The van der Waals surface area contributed by atoms with Gasteiger partial charge in [0.05, 0.1) is 79.7 Å². The fourth-order valence-electron chi connectivity index (χ4n) is 11.1. The van der Waals surface area contributed by atoms with Crippen molar-refractivity contribution in [2.45, 2.75) is 172 Å². The number of morpholine rings is 1. The number of aliphatic hydroxyl groups is 3. The lowest BCUT2D eigenvalue weighted by Crippen LogP contribution is -2.57. The van der Waals surface area contributed by atoms with Crippen LogP contribution in [0, 0.1) is 35.5 Å². The highest BCUT2D eigenvalue weighted by Gasteiger charge is 2.62. The first-order valence-electron chi connectivity index (χ1n) is 21.4. The molecule has 6 fully saturated rings. The van der Waals surface area contributed by atoms with E-state index in [2.05, 4.69) is 32.6 Å². The molecule has 55 heavy (non-hydrogen) atoms. The Hall–Kier alpha value is -0.970. The number of nitrogens with zero attached hydrogens (tertiary/aromatic N) is 1. The van der Waals surface area contributed by atoms with Crippen LogP contribution < -0.4 is 0 Å². The van der Waals surface area contributed by atoms with Crippen molar-refractivity contribution >= 4 is 5.97 Å². The van der Waals surface area contributed by atoms with E-state index in [-0.39, 0.29) is 60.0 Å². The summed E-state index contributed by atoms with van der Waals surface area (Å²) in [5.74, 6) is -3.60. The van der Waals surface area contributed by atoms with Crippen molar-refractivity contribution in [2.24, 2.45) is 35.5 Å². The molecule has 13 heteroatoms. The van der Waals surface area contributed by atoms with E-state index in [0.29, 0.717) is 45.6 Å². The summed E-state index contributed by atoms with van der Waals surface area (Å²) < 4.78 is 51.3. The van der Waals surface area contributed by atoms with Crippen LogP contribution in [0.1, 0.15) is 107 Å². The summed E-state index contributed by atoms with van der Waals surface area (Å²) in [7, 11) is 1.62. The van der Waals surface area contributed by atoms with Crippen LogP contribution in [0.15, 0.2) is 0 Å². The highest BCUT2D eigenvalue weighted by molar-refractivity contribution is 5.72. The van der Waals surface area contributed by atoms with E-state index in [9.17, 15) is 20.1 Å². The third kappa shape index (κ3) is 8.69. The number of methoxy groups -OCH3 is 1. The second-order valence-electron chi connectivity index (χ2n) is 18.6. The Labute approximate surface area is 329 Å². The number of esters is 1. The second kappa shape index (κ2) is 17.3. The first kappa shape index (κ1) is 43.6. The monoisotopic (exact) mass is 784 g/mol. The number of hydrogen-bond acceptors (Lipinski definition) is 13. The molecule has 13 nitrogen and oxygen atoms in total. The van der Waals surface area contributed by atoms with Gasteiger partial charge in [-0.05, 0) is 64.2 Å². The summed E-state index contributed by atoms with van der Waals surface area (Å²) >= 11 is 0. The summed E-state index contributed by atoms with van der Waals surface area (Å²) in [4.78, 5) is 15.5. The molecule has 1 spiro atoms. The molecule has 0 aliphatic carbocycles. The Morgan fingerprint density at radius 2 is 1.73 bits per heavy atom. The van der Waals surface area contributed by atoms with Gasteiger partial charge in [-0.1, -0.05) is 41.5 Å². The number of carbonyl (C=O) groups is 1. The number of hydrogen-bond donors (Lipinski definition) is 3. The van der Waals surface area contributed by atoms with Crippen molar-refractivity contribution in [1.82, 2.24) is 4.90 Å². The van der Waals surface area contributed by atoms with Gasteiger partial charge in [-0.25, -0.2) is 0 Å². The lowest BCUT2D eigenvalue weighted by Gasteiger charge is -2.49.